The Hall–Kier alpha value is -1.84. The van der Waals surface area contributed by atoms with Crippen LogP contribution in [-0.2, 0) is 5.66 Å². The van der Waals surface area contributed by atoms with Gasteiger partial charge in [-0.2, -0.15) is 0 Å². The van der Waals surface area contributed by atoms with Crippen LogP contribution < -0.4 is 11.5 Å². The normalized spacial score (nSPS) is 27.8. The smallest absolute Gasteiger partial charge is 0.181 e. The maximum atomic E-state index is 5.88. The zero-order valence-electron chi connectivity index (χ0n) is 9.85. The van der Waals surface area contributed by atoms with Crippen LogP contribution in [0.1, 0.15) is 25.3 Å². The van der Waals surface area contributed by atoms with Crippen molar-refractivity contribution >= 4 is 17.2 Å². The molecule has 1 heterocycles. The summed E-state index contributed by atoms with van der Waals surface area (Å²) in [5.41, 5.74) is 13.9. The fourth-order valence-corrected chi connectivity index (χ4v) is 2.40. The van der Waals surface area contributed by atoms with Gasteiger partial charge in [0.2, 0.25) is 0 Å². The summed E-state index contributed by atoms with van der Waals surface area (Å²) in [6.45, 7) is 1.91. The minimum absolute atomic E-state index is 0.472. The molecule has 0 amide bonds. The summed E-state index contributed by atoms with van der Waals surface area (Å²) < 4.78 is 0. The van der Waals surface area contributed by atoms with Crippen LogP contribution in [0.2, 0.25) is 0 Å². The summed E-state index contributed by atoms with van der Waals surface area (Å²) >= 11 is 0. The molecule has 2 aliphatic rings. The Morgan fingerprint density at radius 1 is 1.24 bits per heavy atom. The molecule has 4 nitrogen and oxygen atoms in total. The molecule has 88 valence electrons. The van der Waals surface area contributed by atoms with E-state index in [1.807, 2.05) is 31.2 Å². The van der Waals surface area contributed by atoms with E-state index in [-0.39, 0.29) is 0 Å². The second-order valence-corrected chi connectivity index (χ2v) is 4.82. The van der Waals surface area contributed by atoms with E-state index < -0.39 is 5.66 Å². The third-order valence-corrected chi connectivity index (χ3v) is 3.46. The van der Waals surface area contributed by atoms with Crippen molar-refractivity contribution in [1.82, 2.24) is 0 Å². The number of nitrogens with two attached hydrogens (primary N) is 2. The lowest BCUT2D eigenvalue weighted by Gasteiger charge is -2.23. The molecule has 1 fully saturated rings. The topological polar surface area (TPSA) is 76.8 Å². The van der Waals surface area contributed by atoms with Gasteiger partial charge in [0, 0.05) is 17.2 Å². The molecule has 17 heavy (non-hydrogen) atoms. The molecule has 1 saturated carbocycles. The van der Waals surface area contributed by atoms with Gasteiger partial charge in [0.05, 0.1) is 5.71 Å². The number of anilines is 1. The third kappa shape index (κ3) is 1.52. The Labute approximate surface area is 100 Å². The lowest BCUT2D eigenvalue weighted by atomic mass is 9.95. The van der Waals surface area contributed by atoms with Gasteiger partial charge in [-0.3, -0.25) is 4.99 Å². The van der Waals surface area contributed by atoms with Crippen LogP contribution >= 0.6 is 0 Å². The van der Waals surface area contributed by atoms with Crippen molar-refractivity contribution in [2.45, 2.75) is 25.4 Å². The largest absolute Gasteiger partial charge is 0.399 e. The molecule has 1 atom stereocenters. The van der Waals surface area contributed by atoms with Gasteiger partial charge in [0.1, 0.15) is 5.84 Å². The molecule has 0 saturated heterocycles. The van der Waals surface area contributed by atoms with Gasteiger partial charge in [-0.1, -0.05) is 12.1 Å². The van der Waals surface area contributed by atoms with Crippen LogP contribution in [0.3, 0.4) is 0 Å². The van der Waals surface area contributed by atoms with Gasteiger partial charge in [0.25, 0.3) is 0 Å². The minimum atomic E-state index is -0.496. The average Bonchev–Trinajstić information content (AvgIpc) is 3.08. The monoisotopic (exact) mass is 228 g/mol. The van der Waals surface area contributed by atoms with Crippen LogP contribution in [0.5, 0.6) is 0 Å². The van der Waals surface area contributed by atoms with Crippen LogP contribution in [0.25, 0.3) is 0 Å². The highest BCUT2D eigenvalue weighted by atomic mass is 15.2. The first-order valence-electron chi connectivity index (χ1n) is 5.90. The minimum Gasteiger partial charge on any atom is -0.399 e. The molecule has 0 bridgehead atoms. The SMILES string of the molecule is CC1=N[C@@](c2cccc(N)c2)(C2CC2)N=C1N. The van der Waals surface area contributed by atoms with Crippen molar-refractivity contribution in [3.05, 3.63) is 29.8 Å². The standard InChI is InChI=1S/C13H16N4/c1-8-12(15)17-13(16-8,9-5-6-9)10-3-2-4-11(14)7-10/h2-4,7,9H,5-6,14H2,1H3,(H2,15,17)/t13-/m0/s1. The predicted molar refractivity (Wildman–Crippen MR) is 70.0 cm³/mol. The zero-order chi connectivity index (χ0) is 12.0. The number of benzene rings is 1. The molecule has 4 N–H and O–H groups in total. The summed E-state index contributed by atoms with van der Waals surface area (Å²) in [6.07, 6.45) is 2.31. The van der Waals surface area contributed by atoms with Crippen LogP contribution in [0, 0.1) is 5.92 Å². The lowest BCUT2D eigenvalue weighted by molar-refractivity contribution is 0.417. The Kier molecular flexibility index (Phi) is 2.02. The van der Waals surface area contributed by atoms with E-state index in [0.29, 0.717) is 11.8 Å². The highest BCUT2D eigenvalue weighted by molar-refractivity contribution is 6.41. The van der Waals surface area contributed by atoms with E-state index in [1.165, 1.54) is 0 Å². The molecule has 0 spiro atoms. The molecular weight excluding hydrogens is 212 g/mol. The van der Waals surface area contributed by atoms with E-state index in [2.05, 4.69) is 4.99 Å². The fraction of sp³-hybridized carbons (Fsp3) is 0.385. The molecule has 3 rings (SSSR count). The first-order chi connectivity index (χ1) is 8.12. The molecule has 4 heteroatoms. The molecule has 1 aromatic carbocycles. The second kappa shape index (κ2) is 3.32. The maximum absolute atomic E-state index is 5.88. The summed E-state index contributed by atoms with van der Waals surface area (Å²) in [5.74, 6) is 1.03. The highest BCUT2D eigenvalue weighted by Gasteiger charge is 2.49. The molecular formula is C13H16N4. The quantitative estimate of drug-likeness (QED) is 0.755. The summed E-state index contributed by atoms with van der Waals surface area (Å²) in [5, 5.41) is 0. The average molecular weight is 228 g/mol. The molecule has 1 aliphatic carbocycles. The van der Waals surface area contributed by atoms with Gasteiger partial charge in [-0.15, -0.1) is 0 Å². The molecule has 0 unspecified atom stereocenters. The maximum Gasteiger partial charge on any atom is 0.181 e. The predicted octanol–water partition coefficient (Wildman–Crippen LogP) is 1.66. The van der Waals surface area contributed by atoms with E-state index in [1.54, 1.807) is 0 Å². The molecule has 0 radical (unpaired) electrons. The van der Waals surface area contributed by atoms with Crippen molar-refractivity contribution < 1.29 is 0 Å². The van der Waals surface area contributed by atoms with E-state index >= 15 is 0 Å². The Bertz CT molecular complexity index is 508. The number of hydrogen-bond acceptors (Lipinski definition) is 4. The van der Waals surface area contributed by atoms with Gasteiger partial charge in [-0.25, -0.2) is 4.99 Å². The Morgan fingerprint density at radius 3 is 2.53 bits per heavy atom. The number of hydrogen-bond donors (Lipinski definition) is 2. The number of nitrogens with zero attached hydrogens (tertiary/aromatic N) is 2. The summed E-state index contributed by atoms with van der Waals surface area (Å²) in [6, 6.07) is 7.82. The number of aliphatic imine (C=N–C) groups is 2. The lowest BCUT2D eigenvalue weighted by Crippen LogP contribution is -2.23. The Balaban J connectivity index is 2.14. The third-order valence-electron chi connectivity index (χ3n) is 3.46. The Morgan fingerprint density at radius 2 is 2.00 bits per heavy atom. The summed E-state index contributed by atoms with van der Waals surface area (Å²) in [7, 11) is 0. The van der Waals surface area contributed by atoms with Gasteiger partial charge >= 0.3 is 0 Å². The van der Waals surface area contributed by atoms with Crippen LogP contribution in [0.4, 0.5) is 5.69 Å². The second-order valence-electron chi connectivity index (χ2n) is 4.82. The van der Waals surface area contributed by atoms with Crippen LogP contribution in [0.15, 0.2) is 34.3 Å². The first-order valence-corrected chi connectivity index (χ1v) is 5.90. The zero-order valence-corrected chi connectivity index (χ0v) is 9.85. The fourth-order valence-electron chi connectivity index (χ4n) is 2.40. The van der Waals surface area contributed by atoms with Crippen molar-refractivity contribution in [3.8, 4) is 0 Å². The van der Waals surface area contributed by atoms with E-state index in [0.717, 1.165) is 29.8 Å². The number of rotatable bonds is 2. The van der Waals surface area contributed by atoms with Gasteiger partial charge in [-0.05, 0) is 31.9 Å². The van der Waals surface area contributed by atoms with Gasteiger partial charge < -0.3 is 11.5 Å². The van der Waals surface area contributed by atoms with E-state index in [4.69, 9.17) is 16.5 Å². The highest BCUT2D eigenvalue weighted by Crippen LogP contribution is 2.51. The van der Waals surface area contributed by atoms with Crippen molar-refractivity contribution in [2.24, 2.45) is 21.6 Å². The van der Waals surface area contributed by atoms with Crippen molar-refractivity contribution in [2.75, 3.05) is 5.73 Å². The van der Waals surface area contributed by atoms with Crippen LogP contribution in [-0.4, -0.2) is 11.5 Å². The number of nitrogen functional groups attached to an aromatic ring is 1. The van der Waals surface area contributed by atoms with E-state index in [9.17, 15) is 0 Å². The van der Waals surface area contributed by atoms with Crippen molar-refractivity contribution in [1.29, 1.82) is 0 Å². The number of amidine groups is 1. The molecule has 1 aromatic rings. The first kappa shape index (κ1) is 10.3. The molecule has 0 aromatic heterocycles. The molecule has 1 aliphatic heterocycles. The van der Waals surface area contributed by atoms with Gasteiger partial charge in [0.15, 0.2) is 5.66 Å². The van der Waals surface area contributed by atoms with Crippen molar-refractivity contribution in [3.63, 3.8) is 0 Å². The summed E-state index contributed by atoms with van der Waals surface area (Å²) in [4.78, 5) is 9.32.